The number of nitriles is 1. The lowest BCUT2D eigenvalue weighted by Crippen LogP contribution is -2.61. The van der Waals surface area contributed by atoms with Crippen molar-refractivity contribution in [2.75, 3.05) is 11.9 Å². The molecule has 1 aromatic carbocycles. The van der Waals surface area contributed by atoms with Gasteiger partial charge in [-0.25, -0.2) is 10.4 Å². The number of alkyl halides is 3. The summed E-state index contributed by atoms with van der Waals surface area (Å²) in [4.78, 5) is 13.0. The molecule has 11 heteroatoms. The van der Waals surface area contributed by atoms with Crippen LogP contribution >= 0.6 is 0 Å². The SMILES string of the molecule is N#CCC1(N2NC(Nc3ccc(OC(F)(F)F)cc3)C3C(=O)NCCC32)CCC(NC2CCCCC2)CC1. The first-order valence-electron chi connectivity index (χ1n) is 13.8. The standard InChI is InChI=1S/C27H37F3N6O2/c28-27(29,30)38-21-8-6-19(7-9-21)34-24-23-22(12-17-32-25(23)37)36(35-24)26(15-16-31)13-10-20(11-14-26)33-18-4-2-1-3-5-18/h6-9,18,20,22-24,33-35H,1-5,10-15,17H2,(H,32,37). The molecule has 2 aliphatic heterocycles. The molecule has 38 heavy (non-hydrogen) atoms. The molecule has 0 spiro atoms. The van der Waals surface area contributed by atoms with Crippen molar-refractivity contribution in [1.29, 1.82) is 5.26 Å². The number of halogens is 3. The molecule has 8 nitrogen and oxygen atoms in total. The molecule has 3 atom stereocenters. The number of carbonyl (C=O) groups is 1. The molecule has 1 amide bonds. The van der Waals surface area contributed by atoms with Gasteiger partial charge in [0.1, 0.15) is 11.9 Å². The van der Waals surface area contributed by atoms with Crippen molar-refractivity contribution in [1.82, 2.24) is 21.1 Å². The summed E-state index contributed by atoms with van der Waals surface area (Å²) in [5.41, 5.74) is 3.74. The Hall–Kier alpha value is -2.55. The molecule has 0 bridgehead atoms. The minimum absolute atomic E-state index is 0.0643. The topological polar surface area (TPSA) is 101 Å². The molecule has 208 valence electrons. The van der Waals surface area contributed by atoms with E-state index < -0.39 is 18.4 Å². The summed E-state index contributed by atoms with van der Waals surface area (Å²) in [6, 6.07) is 8.90. The highest BCUT2D eigenvalue weighted by molar-refractivity contribution is 5.82. The van der Waals surface area contributed by atoms with Gasteiger partial charge in [0.05, 0.1) is 18.4 Å². The average Bonchev–Trinajstić information content (AvgIpc) is 3.27. The van der Waals surface area contributed by atoms with Gasteiger partial charge in [0.2, 0.25) is 5.91 Å². The van der Waals surface area contributed by atoms with Crippen LogP contribution in [0.15, 0.2) is 24.3 Å². The Morgan fingerprint density at radius 3 is 2.39 bits per heavy atom. The molecule has 4 fully saturated rings. The van der Waals surface area contributed by atoms with E-state index in [-0.39, 0.29) is 23.2 Å². The van der Waals surface area contributed by atoms with Crippen LogP contribution in [-0.4, -0.2) is 53.7 Å². The summed E-state index contributed by atoms with van der Waals surface area (Å²) in [6.45, 7) is 0.572. The number of fused-ring (bicyclic) bond motifs is 1. The van der Waals surface area contributed by atoms with Crippen LogP contribution in [0.1, 0.15) is 70.6 Å². The van der Waals surface area contributed by atoms with Crippen molar-refractivity contribution in [3.05, 3.63) is 24.3 Å². The van der Waals surface area contributed by atoms with E-state index in [1.165, 1.54) is 56.4 Å². The van der Waals surface area contributed by atoms with Crippen molar-refractivity contribution in [3.63, 3.8) is 0 Å². The lowest BCUT2D eigenvalue weighted by molar-refractivity contribution is -0.274. The average molecular weight is 535 g/mol. The molecule has 1 aromatic rings. The van der Waals surface area contributed by atoms with Crippen molar-refractivity contribution in [3.8, 4) is 11.8 Å². The molecular weight excluding hydrogens is 497 g/mol. The fourth-order valence-corrected chi connectivity index (χ4v) is 6.92. The Labute approximate surface area is 221 Å². The Morgan fingerprint density at radius 2 is 1.74 bits per heavy atom. The smallest absolute Gasteiger partial charge is 0.406 e. The number of carbonyl (C=O) groups excluding carboxylic acids is 1. The van der Waals surface area contributed by atoms with Gasteiger partial charge in [0.15, 0.2) is 0 Å². The van der Waals surface area contributed by atoms with Gasteiger partial charge >= 0.3 is 6.36 Å². The summed E-state index contributed by atoms with van der Waals surface area (Å²) < 4.78 is 41.6. The molecule has 4 N–H and O–H groups in total. The molecule has 3 unspecified atom stereocenters. The van der Waals surface area contributed by atoms with Crippen molar-refractivity contribution >= 4 is 11.6 Å². The van der Waals surface area contributed by atoms with Crippen LogP contribution < -0.4 is 26.1 Å². The van der Waals surface area contributed by atoms with Crippen molar-refractivity contribution < 1.29 is 22.7 Å². The quantitative estimate of drug-likeness (QED) is 0.417. The molecular formula is C27H37F3N6O2. The summed E-state index contributed by atoms with van der Waals surface area (Å²) in [7, 11) is 0. The van der Waals surface area contributed by atoms with E-state index in [0.29, 0.717) is 30.7 Å². The zero-order valence-electron chi connectivity index (χ0n) is 21.5. The Kier molecular flexibility index (Phi) is 8.03. The van der Waals surface area contributed by atoms with Gasteiger partial charge in [-0.3, -0.25) is 4.79 Å². The second-order valence-corrected chi connectivity index (χ2v) is 11.2. The maximum atomic E-state index is 13.0. The van der Waals surface area contributed by atoms with E-state index in [2.05, 4.69) is 37.2 Å². The van der Waals surface area contributed by atoms with Gasteiger partial charge in [0, 0.05) is 35.9 Å². The predicted molar refractivity (Wildman–Crippen MR) is 136 cm³/mol. The Bertz CT molecular complexity index is 1000. The van der Waals surface area contributed by atoms with Gasteiger partial charge in [-0.2, -0.15) is 5.26 Å². The van der Waals surface area contributed by atoms with Crippen LogP contribution in [0.4, 0.5) is 18.9 Å². The third kappa shape index (κ3) is 6.03. The van der Waals surface area contributed by atoms with Gasteiger partial charge in [-0.15, -0.1) is 13.2 Å². The van der Waals surface area contributed by atoms with Crippen LogP contribution in [0.3, 0.4) is 0 Å². The van der Waals surface area contributed by atoms with E-state index >= 15 is 0 Å². The first-order chi connectivity index (χ1) is 18.3. The highest BCUT2D eigenvalue weighted by atomic mass is 19.4. The number of piperidine rings is 1. The summed E-state index contributed by atoms with van der Waals surface area (Å²) >= 11 is 0. The number of amides is 1. The minimum atomic E-state index is -4.75. The van der Waals surface area contributed by atoms with Crippen LogP contribution in [0, 0.1) is 17.2 Å². The van der Waals surface area contributed by atoms with Crippen molar-refractivity contribution in [2.45, 2.75) is 107 Å². The van der Waals surface area contributed by atoms with Gasteiger partial charge in [-0.1, -0.05) is 19.3 Å². The van der Waals surface area contributed by atoms with E-state index in [9.17, 15) is 23.2 Å². The summed E-state index contributed by atoms with van der Waals surface area (Å²) in [6.07, 6.45) is 6.00. The largest absolute Gasteiger partial charge is 0.573 e. The van der Waals surface area contributed by atoms with E-state index in [4.69, 9.17) is 0 Å². The van der Waals surface area contributed by atoms with Crippen LogP contribution in [0.5, 0.6) is 5.75 Å². The first-order valence-corrected chi connectivity index (χ1v) is 13.8. The number of benzene rings is 1. The molecule has 2 heterocycles. The third-order valence-corrected chi connectivity index (χ3v) is 8.75. The fraction of sp³-hybridized carbons (Fsp3) is 0.704. The number of hydrogen-bond donors (Lipinski definition) is 4. The second-order valence-electron chi connectivity index (χ2n) is 11.2. The zero-order chi connectivity index (χ0) is 26.8. The van der Waals surface area contributed by atoms with E-state index in [1.54, 1.807) is 0 Å². The molecule has 2 aliphatic carbocycles. The highest BCUT2D eigenvalue weighted by Gasteiger charge is 2.55. The number of anilines is 1. The Morgan fingerprint density at radius 1 is 1.05 bits per heavy atom. The van der Waals surface area contributed by atoms with Crippen LogP contribution in [0.2, 0.25) is 0 Å². The van der Waals surface area contributed by atoms with Gasteiger partial charge in [-0.05, 0) is 69.2 Å². The predicted octanol–water partition coefficient (Wildman–Crippen LogP) is 4.17. The molecule has 0 aromatic heterocycles. The fourth-order valence-electron chi connectivity index (χ4n) is 6.92. The Balaban J connectivity index is 1.29. The maximum absolute atomic E-state index is 13.0. The third-order valence-electron chi connectivity index (χ3n) is 8.75. The summed E-state index contributed by atoms with van der Waals surface area (Å²) in [5.74, 6) is -0.766. The van der Waals surface area contributed by atoms with Gasteiger partial charge < -0.3 is 20.7 Å². The monoisotopic (exact) mass is 534 g/mol. The molecule has 0 radical (unpaired) electrons. The number of nitrogens with one attached hydrogen (secondary N) is 4. The van der Waals surface area contributed by atoms with Crippen LogP contribution in [0.25, 0.3) is 0 Å². The lowest BCUT2D eigenvalue weighted by atomic mass is 9.75. The number of hydrogen-bond acceptors (Lipinski definition) is 7. The van der Waals surface area contributed by atoms with E-state index in [1.807, 2.05) is 0 Å². The number of rotatable bonds is 7. The summed E-state index contributed by atoms with van der Waals surface area (Å²) in [5, 5.41) is 22.1. The lowest BCUT2D eigenvalue weighted by Gasteiger charge is -2.48. The molecule has 5 rings (SSSR count). The highest BCUT2D eigenvalue weighted by Crippen LogP contribution is 2.43. The number of nitrogens with zero attached hydrogens (tertiary/aromatic N) is 2. The zero-order valence-corrected chi connectivity index (χ0v) is 21.5. The number of hydrazine groups is 1. The second kappa shape index (κ2) is 11.3. The molecule has 2 saturated heterocycles. The van der Waals surface area contributed by atoms with E-state index in [0.717, 1.165) is 32.1 Å². The maximum Gasteiger partial charge on any atom is 0.573 e. The van der Waals surface area contributed by atoms with Gasteiger partial charge in [0.25, 0.3) is 0 Å². The number of ether oxygens (including phenoxy) is 1. The van der Waals surface area contributed by atoms with Crippen molar-refractivity contribution in [2.24, 2.45) is 5.92 Å². The first kappa shape index (κ1) is 27.0. The minimum Gasteiger partial charge on any atom is -0.406 e. The van der Waals surface area contributed by atoms with Crippen LogP contribution in [-0.2, 0) is 4.79 Å². The molecule has 2 saturated carbocycles. The molecule has 4 aliphatic rings. The normalized spacial score (nSPS) is 32.7.